The minimum atomic E-state index is -0.344. The molecule has 0 radical (unpaired) electrons. The van der Waals surface area contributed by atoms with Gasteiger partial charge in [-0.05, 0) is 25.1 Å². The van der Waals surface area contributed by atoms with Gasteiger partial charge >= 0.3 is 0 Å². The molecule has 0 amide bonds. The Balaban J connectivity index is 2.58. The summed E-state index contributed by atoms with van der Waals surface area (Å²) in [6, 6.07) is 3.99. The Morgan fingerprint density at radius 3 is 2.94 bits per heavy atom. The second kappa shape index (κ2) is 4.23. The number of halogens is 2. The fourth-order valence-corrected chi connectivity index (χ4v) is 1.72. The molecule has 0 unspecified atom stereocenters. The minimum Gasteiger partial charge on any atom is -0.323 e. The fraction of sp³-hybridized carbons (Fsp3) is 0.182. The Morgan fingerprint density at radius 2 is 2.25 bits per heavy atom. The van der Waals surface area contributed by atoms with E-state index in [-0.39, 0.29) is 11.9 Å². The average molecular weight is 240 g/mol. The molecule has 0 spiro atoms. The van der Waals surface area contributed by atoms with Crippen molar-refractivity contribution in [2.45, 2.75) is 13.0 Å². The van der Waals surface area contributed by atoms with E-state index in [0.29, 0.717) is 10.7 Å². The van der Waals surface area contributed by atoms with E-state index in [0.717, 1.165) is 5.69 Å². The first kappa shape index (κ1) is 11.1. The zero-order valence-corrected chi connectivity index (χ0v) is 9.45. The van der Waals surface area contributed by atoms with Crippen LogP contribution in [0.4, 0.5) is 4.39 Å². The smallest absolute Gasteiger partial charge is 0.125 e. The molecule has 2 rings (SSSR count). The van der Waals surface area contributed by atoms with E-state index >= 15 is 0 Å². The highest BCUT2D eigenvalue weighted by atomic mass is 35.5. The van der Waals surface area contributed by atoms with Gasteiger partial charge in [0.05, 0.1) is 28.9 Å². The quantitative estimate of drug-likeness (QED) is 0.876. The van der Waals surface area contributed by atoms with E-state index < -0.39 is 0 Å². The van der Waals surface area contributed by atoms with Gasteiger partial charge in [-0.1, -0.05) is 11.6 Å². The van der Waals surface area contributed by atoms with Crippen molar-refractivity contribution in [1.29, 1.82) is 0 Å². The summed E-state index contributed by atoms with van der Waals surface area (Å²) in [7, 11) is 0. The first-order chi connectivity index (χ1) is 7.59. The van der Waals surface area contributed by atoms with E-state index in [2.05, 4.69) is 4.98 Å². The van der Waals surface area contributed by atoms with Crippen LogP contribution in [-0.2, 0) is 0 Å². The highest BCUT2D eigenvalue weighted by Crippen LogP contribution is 2.24. The molecule has 0 aliphatic heterocycles. The number of benzene rings is 1. The van der Waals surface area contributed by atoms with Gasteiger partial charge in [-0.3, -0.25) is 0 Å². The predicted molar refractivity (Wildman–Crippen MR) is 61.1 cm³/mol. The van der Waals surface area contributed by atoms with Gasteiger partial charge in [-0.15, -0.1) is 0 Å². The van der Waals surface area contributed by atoms with Gasteiger partial charge in [0.15, 0.2) is 0 Å². The Bertz CT molecular complexity index is 508. The second-order valence-electron chi connectivity index (χ2n) is 3.57. The normalized spacial score (nSPS) is 12.8. The number of nitrogens with zero attached hydrogens (tertiary/aromatic N) is 2. The third kappa shape index (κ3) is 1.94. The van der Waals surface area contributed by atoms with Crippen LogP contribution in [0.25, 0.3) is 5.69 Å². The fourth-order valence-electron chi connectivity index (χ4n) is 1.51. The summed E-state index contributed by atoms with van der Waals surface area (Å²) in [6.45, 7) is 1.83. The number of rotatable bonds is 2. The van der Waals surface area contributed by atoms with Crippen LogP contribution in [0.3, 0.4) is 0 Å². The van der Waals surface area contributed by atoms with Crippen LogP contribution in [0.2, 0.25) is 5.02 Å². The second-order valence-corrected chi connectivity index (χ2v) is 3.98. The predicted octanol–water partition coefficient (Wildman–Crippen LogP) is 2.68. The number of imidazole rings is 1. The Morgan fingerprint density at radius 1 is 1.50 bits per heavy atom. The summed E-state index contributed by atoms with van der Waals surface area (Å²) in [5.74, 6) is -0.344. The van der Waals surface area contributed by atoms with E-state index in [4.69, 9.17) is 17.3 Å². The van der Waals surface area contributed by atoms with E-state index in [1.165, 1.54) is 18.2 Å². The lowest BCUT2D eigenvalue weighted by Gasteiger charge is -2.12. The number of hydrogen-bond acceptors (Lipinski definition) is 2. The molecule has 5 heteroatoms. The van der Waals surface area contributed by atoms with Crippen molar-refractivity contribution < 1.29 is 4.39 Å². The SMILES string of the molecule is C[C@@H](N)c1cncn1-c1cc(F)ccc1Cl. The highest BCUT2D eigenvalue weighted by molar-refractivity contribution is 6.32. The summed E-state index contributed by atoms with van der Waals surface area (Å²) in [6.07, 6.45) is 3.21. The summed E-state index contributed by atoms with van der Waals surface area (Å²) < 4.78 is 14.8. The van der Waals surface area contributed by atoms with Crippen LogP contribution in [0.5, 0.6) is 0 Å². The lowest BCUT2D eigenvalue weighted by Crippen LogP contribution is -2.10. The molecule has 2 N–H and O–H groups in total. The van der Waals surface area contributed by atoms with Gasteiger partial charge in [0.1, 0.15) is 5.82 Å². The van der Waals surface area contributed by atoms with Crippen LogP contribution < -0.4 is 5.73 Å². The lowest BCUT2D eigenvalue weighted by atomic mass is 10.2. The molecule has 1 aromatic heterocycles. The molecule has 0 bridgehead atoms. The maximum absolute atomic E-state index is 13.1. The summed E-state index contributed by atoms with van der Waals surface area (Å²) in [5, 5.41) is 0.460. The van der Waals surface area contributed by atoms with Crippen molar-refractivity contribution in [2.75, 3.05) is 0 Å². The van der Waals surface area contributed by atoms with Crippen molar-refractivity contribution in [3.63, 3.8) is 0 Å². The van der Waals surface area contributed by atoms with Gasteiger partial charge in [-0.25, -0.2) is 9.37 Å². The van der Waals surface area contributed by atoms with Crippen LogP contribution in [0, 0.1) is 5.82 Å². The van der Waals surface area contributed by atoms with Gasteiger partial charge in [0.2, 0.25) is 0 Å². The molecular weight excluding hydrogens is 229 g/mol. The molecule has 0 fully saturated rings. The largest absolute Gasteiger partial charge is 0.323 e. The first-order valence-electron chi connectivity index (χ1n) is 4.83. The Kier molecular flexibility index (Phi) is 2.94. The van der Waals surface area contributed by atoms with E-state index in [1.54, 1.807) is 17.1 Å². The summed E-state index contributed by atoms with van der Waals surface area (Å²) >= 11 is 6.01. The lowest BCUT2D eigenvalue weighted by molar-refractivity contribution is 0.625. The van der Waals surface area contributed by atoms with Crippen LogP contribution in [0.1, 0.15) is 18.7 Å². The molecule has 0 aliphatic rings. The Labute approximate surface area is 97.7 Å². The van der Waals surface area contributed by atoms with Gasteiger partial charge < -0.3 is 10.3 Å². The maximum Gasteiger partial charge on any atom is 0.125 e. The standard InChI is InChI=1S/C11H11ClFN3/c1-7(14)11-5-15-6-16(11)10-4-8(13)2-3-9(10)12/h2-7H,14H2,1H3/t7-/m1/s1. The zero-order chi connectivity index (χ0) is 11.7. The highest BCUT2D eigenvalue weighted by Gasteiger charge is 2.11. The molecule has 16 heavy (non-hydrogen) atoms. The number of hydrogen-bond donors (Lipinski definition) is 1. The third-order valence-corrected chi connectivity index (χ3v) is 2.62. The molecule has 0 aliphatic carbocycles. The number of nitrogens with two attached hydrogens (primary N) is 1. The van der Waals surface area contributed by atoms with Crippen molar-refractivity contribution in [1.82, 2.24) is 9.55 Å². The molecule has 0 saturated carbocycles. The van der Waals surface area contributed by atoms with Crippen LogP contribution >= 0.6 is 11.6 Å². The first-order valence-corrected chi connectivity index (χ1v) is 5.20. The van der Waals surface area contributed by atoms with Gasteiger partial charge in [-0.2, -0.15) is 0 Å². The van der Waals surface area contributed by atoms with Crippen molar-refractivity contribution in [2.24, 2.45) is 5.73 Å². The van der Waals surface area contributed by atoms with Crippen molar-refractivity contribution in [3.05, 3.63) is 47.3 Å². The molecule has 0 saturated heterocycles. The minimum absolute atomic E-state index is 0.193. The molecule has 84 valence electrons. The van der Waals surface area contributed by atoms with Crippen molar-refractivity contribution >= 4 is 11.6 Å². The number of aromatic nitrogens is 2. The van der Waals surface area contributed by atoms with Gasteiger partial charge in [0, 0.05) is 6.04 Å². The third-order valence-electron chi connectivity index (χ3n) is 2.30. The van der Waals surface area contributed by atoms with Crippen LogP contribution in [-0.4, -0.2) is 9.55 Å². The van der Waals surface area contributed by atoms with E-state index in [9.17, 15) is 4.39 Å². The molecule has 3 nitrogen and oxygen atoms in total. The average Bonchev–Trinajstić information content (AvgIpc) is 2.70. The van der Waals surface area contributed by atoms with Crippen molar-refractivity contribution in [3.8, 4) is 5.69 Å². The molecule has 1 heterocycles. The van der Waals surface area contributed by atoms with Crippen LogP contribution in [0.15, 0.2) is 30.7 Å². The summed E-state index contributed by atoms with van der Waals surface area (Å²) in [4.78, 5) is 3.99. The zero-order valence-electron chi connectivity index (χ0n) is 8.69. The van der Waals surface area contributed by atoms with Gasteiger partial charge in [0.25, 0.3) is 0 Å². The molecule has 1 atom stereocenters. The molecule has 1 aromatic carbocycles. The summed E-state index contributed by atoms with van der Waals surface area (Å²) in [5.41, 5.74) is 7.12. The molecule has 2 aromatic rings. The maximum atomic E-state index is 13.1. The monoisotopic (exact) mass is 239 g/mol. The topological polar surface area (TPSA) is 43.8 Å². The van der Waals surface area contributed by atoms with E-state index in [1.807, 2.05) is 6.92 Å². The Hall–Kier alpha value is -1.39. The molecular formula is C11H11ClFN3.